The molecular weight excluding hydrogens is 461 g/mol. The summed E-state index contributed by atoms with van der Waals surface area (Å²) >= 11 is 0. The third-order valence-electron chi connectivity index (χ3n) is 4.15. The molecule has 33 heavy (non-hydrogen) atoms. The van der Waals surface area contributed by atoms with E-state index in [0.717, 1.165) is 12.1 Å². The minimum atomic E-state index is -4.92. The molecule has 0 fully saturated rings. The zero-order valence-corrected chi connectivity index (χ0v) is 18.0. The maximum atomic E-state index is 12.9. The van der Waals surface area contributed by atoms with E-state index in [1.807, 2.05) is 0 Å². The molecule has 0 aliphatic heterocycles. The van der Waals surface area contributed by atoms with Gasteiger partial charge in [-0.3, -0.25) is 9.52 Å². The lowest BCUT2D eigenvalue weighted by Gasteiger charge is -2.15. The minimum absolute atomic E-state index is 0.0430. The summed E-state index contributed by atoms with van der Waals surface area (Å²) in [5.74, 6) is -1.02. The van der Waals surface area contributed by atoms with Crippen molar-refractivity contribution >= 4 is 27.3 Å². The minimum Gasteiger partial charge on any atom is -0.492 e. The Morgan fingerprint density at radius 1 is 0.939 bits per heavy atom. The Morgan fingerprint density at radius 2 is 1.67 bits per heavy atom. The molecule has 174 valence electrons. The number of halogens is 3. The van der Waals surface area contributed by atoms with Crippen molar-refractivity contribution in [3.8, 4) is 11.5 Å². The molecule has 7 nitrogen and oxygen atoms in total. The average Bonchev–Trinajstić information content (AvgIpc) is 2.73. The standard InChI is InChI=1S/C22H19F3N2O5S/c1-2-31-19-14-16(26-21(28)15-7-4-3-5-8-15)11-12-20(19)33(29,30)27-17-9-6-10-18(13-17)32-22(23,24)25/h3-14,27H,2H2,1H3,(H,26,28). The van der Waals surface area contributed by atoms with E-state index in [0.29, 0.717) is 11.3 Å². The Hall–Kier alpha value is -3.73. The number of hydrogen-bond acceptors (Lipinski definition) is 5. The fourth-order valence-corrected chi connectivity index (χ4v) is 4.01. The van der Waals surface area contributed by atoms with Crippen LogP contribution in [0.4, 0.5) is 24.5 Å². The quantitative estimate of drug-likeness (QED) is 0.471. The molecule has 11 heteroatoms. The van der Waals surface area contributed by atoms with E-state index in [1.54, 1.807) is 37.3 Å². The molecule has 0 atom stereocenters. The van der Waals surface area contributed by atoms with Crippen molar-refractivity contribution < 1.29 is 35.9 Å². The molecule has 0 saturated carbocycles. The molecule has 0 spiro atoms. The van der Waals surface area contributed by atoms with Gasteiger partial charge in [0.1, 0.15) is 16.4 Å². The monoisotopic (exact) mass is 480 g/mol. The van der Waals surface area contributed by atoms with Crippen LogP contribution in [0, 0.1) is 0 Å². The highest BCUT2D eigenvalue weighted by atomic mass is 32.2. The van der Waals surface area contributed by atoms with Crippen LogP contribution in [0.25, 0.3) is 0 Å². The second-order valence-electron chi connectivity index (χ2n) is 6.60. The van der Waals surface area contributed by atoms with Gasteiger partial charge in [-0.25, -0.2) is 8.42 Å². The summed E-state index contributed by atoms with van der Waals surface area (Å²) in [5, 5.41) is 2.66. The van der Waals surface area contributed by atoms with Gasteiger partial charge in [0.15, 0.2) is 0 Å². The van der Waals surface area contributed by atoms with Crippen molar-refractivity contribution in [2.45, 2.75) is 18.2 Å². The lowest BCUT2D eigenvalue weighted by molar-refractivity contribution is -0.274. The number of amides is 1. The number of ether oxygens (including phenoxy) is 2. The summed E-state index contributed by atoms with van der Waals surface area (Å²) in [4.78, 5) is 12.1. The first-order valence-electron chi connectivity index (χ1n) is 9.59. The molecule has 0 heterocycles. The predicted octanol–water partition coefficient (Wildman–Crippen LogP) is 5.04. The van der Waals surface area contributed by atoms with Crippen LogP contribution in [0.15, 0.2) is 77.7 Å². The highest BCUT2D eigenvalue weighted by Gasteiger charge is 2.31. The van der Waals surface area contributed by atoms with Crippen LogP contribution in [-0.4, -0.2) is 27.3 Å². The number of benzene rings is 3. The predicted molar refractivity (Wildman–Crippen MR) is 116 cm³/mol. The number of carbonyl (C=O) groups is 1. The molecule has 2 N–H and O–H groups in total. The molecule has 0 radical (unpaired) electrons. The van der Waals surface area contributed by atoms with Crippen molar-refractivity contribution in [3.63, 3.8) is 0 Å². The molecule has 3 aromatic carbocycles. The molecule has 1 amide bonds. The van der Waals surface area contributed by atoms with Crippen LogP contribution in [0.1, 0.15) is 17.3 Å². The topological polar surface area (TPSA) is 93.7 Å². The number of sulfonamides is 1. The van der Waals surface area contributed by atoms with Crippen LogP contribution >= 0.6 is 0 Å². The largest absolute Gasteiger partial charge is 0.573 e. The first-order chi connectivity index (χ1) is 15.6. The first kappa shape index (κ1) is 23.9. The normalized spacial score (nSPS) is 11.5. The summed E-state index contributed by atoms with van der Waals surface area (Å²) in [5.41, 5.74) is 0.572. The van der Waals surface area contributed by atoms with E-state index < -0.39 is 28.0 Å². The highest BCUT2D eigenvalue weighted by molar-refractivity contribution is 7.92. The SMILES string of the molecule is CCOc1cc(NC(=O)c2ccccc2)ccc1S(=O)(=O)Nc1cccc(OC(F)(F)F)c1. The Morgan fingerprint density at radius 3 is 2.33 bits per heavy atom. The fraction of sp³-hybridized carbons (Fsp3) is 0.136. The number of carbonyl (C=O) groups excluding carboxylic acids is 1. The molecule has 3 aromatic rings. The van der Waals surface area contributed by atoms with E-state index in [2.05, 4.69) is 14.8 Å². The van der Waals surface area contributed by atoms with E-state index in [4.69, 9.17) is 4.74 Å². The van der Waals surface area contributed by atoms with Gasteiger partial charge in [-0.2, -0.15) is 0 Å². The summed E-state index contributed by atoms with van der Waals surface area (Å²) in [6.07, 6.45) is -4.92. The Kier molecular flexibility index (Phi) is 7.12. The van der Waals surface area contributed by atoms with Gasteiger partial charge in [-0.05, 0) is 43.3 Å². The Labute approximate surface area is 188 Å². The van der Waals surface area contributed by atoms with E-state index in [9.17, 15) is 26.4 Å². The van der Waals surface area contributed by atoms with Gasteiger partial charge in [-0.1, -0.05) is 24.3 Å². The number of nitrogens with one attached hydrogen (secondary N) is 2. The lowest BCUT2D eigenvalue weighted by Crippen LogP contribution is -2.18. The molecule has 0 saturated heterocycles. The second kappa shape index (κ2) is 9.82. The van der Waals surface area contributed by atoms with E-state index in [-0.39, 0.29) is 22.9 Å². The molecule has 0 aliphatic carbocycles. The molecule has 0 aliphatic rings. The smallest absolute Gasteiger partial charge is 0.492 e. The number of alkyl halides is 3. The zero-order valence-electron chi connectivity index (χ0n) is 17.2. The van der Waals surface area contributed by atoms with Gasteiger partial charge in [-0.15, -0.1) is 13.2 Å². The molecule has 0 unspecified atom stereocenters. The van der Waals surface area contributed by atoms with Gasteiger partial charge < -0.3 is 14.8 Å². The molecule has 0 bridgehead atoms. The zero-order chi connectivity index (χ0) is 24.1. The van der Waals surface area contributed by atoms with Gasteiger partial charge in [0, 0.05) is 23.4 Å². The van der Waals surface area contributed by atoms with Crippen molar-refractivity contribution in [1.82, 2.24) is 0 Å². The molecule has 3 rings (SSSR count). The maximum absolute atomic E-state index is 12.9. The number of hydrogen-bond donors (Lipinski definition) is 2. The van der Waals surface area contributed by atoms with Gasteiger partial charge >= 0.3 is 6.36 Å². The Bertz CT molecular complexity index is 1230. The first-order valence-corrected chi connectivity index (χ1v) is 11.1. The summed E-state index contributed by atoms with van der Waals surface area (Å²) in [6.45, 7) is 1.78. The lowest BCUT2D eigenvalue weighted by atomic mass is 10.2. The number of rotatable bonds is 8. The van der Waals surface area contributed by atoms with E-state index >= 15 is 0 Å². The maximum Gasteiger partial charge on any atom is 0.573 e. The van der Waals surface area contributed by atoms with Crippen LogP contribution < -0.4 is 19.5 Å². The van der Waals surface area contributed by atoms with Crippen molar-refractivity contribution in [3.05, 3.63) is 78.4 Å². The van der Waals surface area contributed by atoms with Crippen molar-refractivity contribution in [2.75, 3.05) is 16.6 Å². The van der Waals surface area contributed by atoms with E-state index in [1.165, 1.54) is 30.3 Å². The van der Waals surface area contributed by atoms with Gasteiger partial charge in [0.2, 0.25) is 0 Å². The van der Waals surface area contributed by atoms with Crippen LogP contribution in [0.5, 0.6) is 11.5 Å². The van der Waals surface area contributed by atoms with Crippen LogP contribution in [0.2, 0.25) is 0 Å². The van der Waals surface area contributed by atoms with Gasteiger partial charge in [0.05, 0.1) is 12.3 Å². The average molecular weight is 480 g/mol. The summed E-state index contributed by atoms with van der Waals surface area (Å²) in [6, 6.07) is 16.8. The van der Waals surface area contributed by atoms with Crippen molar-refractivity contribution in [2.24, 2.45) is 0 Å². The van der Waals surface area contributed by atoms with Gasteiger partial charge in [0.25, 0.3) is 15.9 Å². The van der Waals surface area contributed by atoms with Crippen molar-refractivity contribution in [1.29, 1.82) is 0 Å². The van der Waals surface area contributed by atoms with Crippen LogP contribution in [-0.2, 0) is 10.0 Å². The van der Waals surface area contributed by atoms with Crippen LogP contribution in [0.3, 0.4) is 0 Å². The summed E-state index contributed by atoms with van der Waals surface area (Å²) in [7, 11) is -4.25. The number of anilines is 2. The third-order valence-corrected chi connectivity index (χ3v) is 5.57. The highest BCUT2D eigenvalue weighted by Crippen LogP contribution is 2.31. The second-order valence-corrected chi connectivity index (χ2v) is 8.25. The fourth-order valence-electron chi connectivity index (χ4n) is 2.84. The summed E-state index contributed by atoms with van der Waals surface area (Å²) < 4.78 is 74.6. The third kappa shape index (κ3) is 6.62. The Balaban J connectivity index is 1.85. The molecular formula is C22H19F3N2O5S. The molecule has 0 aromatic heterocycles.